The van der Waals surface area contributed by atoms with Gasteiger partial charge in [0.25, 0.3) is 0 Å². The van der Waals surface area contributed by atoms with Gasteiger partial charge in [0.05, 0.1) is 22.3 Å². The first-order valence-electron chi connectivity index (χ1n) is 4.49. The third kappa shape index (κ3) is 2.37. The van der Waals surface area contributed by atoms with E-state index in [4.69, 9.17) is 28.9 Å². The summed E-state index contributed by atoms with van der Waals surface area (Å²) in [4.78, 5) is 3.97. The van der Waals surface area contributed by atoms with E-state index in [2.05, 4.69) is 20.5 Å². The first kappa shape index (κ1) is 11.0. The number of hydrogen-bond donors (Lipinski definition) is 3. The number of rotatable bonds is 3. The summed E-state index contributed by atoms with van der Waals surface area (Å²) in [5.41, 5.74) is 6.76. The molecule has 0 radical (unpaired) electrons. The second-order valence-electron chi connectivity index (χ2n) is 3.15. The van der Waals surface area contributed by atoms with Crippen LogP contribution in [0, 0.1) is 0 Å². The normalized spacial score (nSPS) is 10.4. The number of nitrogens with one attached hydrogen (secondary N) is 2. The van der Waals surface area contributed by atoms with Crippen molar-refractivity contribution in [1.29, 1.82) is 0 Å². The molecule has 0 bridgehead atoms. The highest BCUT2D eigenvalue weighted by molar-refractivity contribution is 6.39. The number of nitrogens with zero attached hydrogens (tertiary/aromatic N) is 2. The first-order chi connectivity index (χ1) is 7.66. The molecule has 0 atom stereocenters. The monoisotopic (exact) mass is 257 g/mol. The molecule has 0 spiro atoms. The molecule has 0 aliphatic carbocycles. The topological polar surface area (TPSA) is 79.6 Å². The molecule has 1 heterocycles. The fourth-order valence-corrected chi connectivity index (χ4v) is 1.89. The van der Waals surface area contributed by atoms with Gasteiger partial charge >= 0.3 is 0 Å². The van der Waals surface area contributed by atoms with Gasteiger partial charge in [-0.3, -0.25) is 5.10 Å². The lowest BCUT2D eigenvalue weighted by molar-refractivity contribution is 0.955. The van der Waals surface area contributed by atoms with E-state index in [1.165, 1.54) is 6.33 Å². The Morgan fingerprint density at radius 2 is 2.00 bits per heavy atom. The lowest BCUT2D eigenvalue weighted by Gasteiger charge is -2.09. The van der Waals surface area contributed by atoms with Crippen LogP contribution in [0.15, 0.2) is 18.5 Å². The lowest BCUT2D eigenvalue weighted by atomic mass is 10.3. The van der Waals surface area contributed by atoms with Gasteiger partial charge in [-0.05, 0) is 12.1 Å². The second-order valence-corrected chi connectivity index (χ2v) is 3.96. The van der Waals surface area contributed by atoms with E-state index >= 15 is 0 Å². The largest absolute Gasteiger partial charge is 0.399 e. The van der Waals surface area contributed by atoms with Crippen molar-refractivity contribution in [2.75, 3.05) is 11.1 Å². The van der Waals surface area contributed by atoms with Crippen LogP contribution in [0.2, 0.25) is 10.0 Å². The van der Waals surface area contributed by atoms with Crippen molar-refractivity contribution in [2.45, 2.75) is 6.54 Å². The first-order valence-corrected chi connectivity index (χ1v) is 5.25. The zero-order chi connectivity index (χ0) is 11.5. The molecule has 16 heavy (non-hydrogen) atoms. The molecular weight excluding hydrogens is 249 g/mol. The van der Waals surface area contributed by atoms with Crippen LogP contribution in [0.4, 0.5) is 11.4 Å². The molecule has 2 rings (SSSR count). The second kappa shape index (κ2) is 4.59. The summed E-state index contributed by atoms with van der Waals surface area (Å²) >= 11 is 12.0. The van der Waals surface area contributed by atoms with Crippen LogP contribution in [-0.2, 0) is 6.54 Å². The van der Waals surface area contributed by atoms with E-state index in [0.717, 1.165) is 0 Å². The number of aromatic amines is 1. The molecule has 0 saturated carbocycles. The van der Waals surface area contributed by atoms with Gasteiger partial charge in [-0.25, -0.2) is 4.98 Å². The maximum atomic E-state index is 6.00. The predicted octanol–water partition coefficient (Wildman–Crippen LogP) is 2.31. The highest BCUT2D eigenvalue weighted by Gasteiger charge is 2.07. The van der Waals surface area contributed by atoms with E-state index in [1.807, 2.05) is 0 Å². The quantitative estimate of drug-likeness (QED) is 0.738. The van der Waals surface area contributed by atoms with Gasteiger partial charge in [0, 0.05) is 5.69 Å². The number of nitrogens with two attached hydrogens (primary N) is 1. The van der Waals surface area contributed by atoms with Crippen molar-refractivity contribution in [3.05, 3.63) is 34.3 Å². The Hall–Kier alpha value is -1.46. The summed E-state index contributed by atoms with van der Waals surface area (Å²) in [5, 5.41) is 10.5. The Balaban J connectivity index is 2.15. The van der Waals surface area contributed by atoms with Crippen LogP contribution in [0.1, 0.15) is 5.82 Å². The standard InChI is InChI=1S/C9H9Cl2N5/c10-6-1-5(12)2-7(11)9(6)13-3-8-14-4-15-16-8/h1-2,4,13H,3,12H2,(H,14,15,16). The molecule has 0 saturated heterocycles. The number of H-pyrrole nitrogens is 1. The van der Waals surface area contributed by atoms with E-state index < -0.39 is 0 Å². The summed E-state index contributed by atoms with van der Waals surface area (Å²) < 4.78 is 0. The molecule has 0 aliphatic rings. The summed E-state index contributed by atoms with van der Waals surface area (Å²) in [6.45, 7) is 0.462. The smallest absolute Gasteiger partial charge is 0.143 e. The van der Waals surface area contributed by atoms with Crippen molar-refractivity contribution in [3.8, 4) is 0 Å². The Morgan fingerprint density at radius 3 is 2.56 bits per heavy atom. The van der Waals surface area contributed by atoms with Crippen LogP contribution in [0.25, 0.3) is 0 Å². The molecule has 7 heteroatoms. The molecule has 0 unspecified atom stereocenters. The summed E-state index contributed by atoms with van der Waals surface area (Å²) in [6.07, 6.45) is 1.43. The lowest BCUT2D eigenvalue weighted by Crippen LogP contribution is -2.03. The molecular formula is C9H9Cl2N5. The molecule has 4 N–H and O–H groups in total. The van der Waals surface area contributed by atoms with Gasteiger partial charge in [-0.1, -0.05) is 23.2 Å². The van der Waals surface area contributed by atoms with E-state index in [1.54, 1.807) is 12.1 Å². The fourth-order valence-electron chi connectivity index (χ4n) is 1.25. The Bertz CT molecular complexity index is 460. The molecule has 2 aromatic rings. The van der Waals surface area contributed by atoms with Crippen molar-refractivity contribution in [2.24, 2.45) is 0 Å². The minimum absolute atomic E-state index is 0.462. The van der Waals surface area contributed by atoms with Gasteiger partial charge in [-0.2, -0.15) is 5.10 Å². The van der Waals surface area contributed by atoms with Gasteiger partial charge in [-0.15, -0.1) is 0 Å². The molecule has 1 aromatic heterocycles. The van der Waals surface area contributed by atoms with E-state index in [9.17, 15) is 0 Å². The van der Waals surface area contributed by atoms with Crippen molar-refractivity contribution in [1.82, 2.24) is 15.2 Å². The van der Waals surface area contributed by atoms with Gasteiger partial charge in [0.2, 0.25) is 0 Å². The molecule has 5 nitrogen and oxygen atoms in total. The Kier molecular flexibility index (Phi) is 3.17. The average Bonchev–Trinajstić information content (AvgIpc) is 2.68. The number of anilines is 2. The molecule has 0 fully saturated rings. The van der Waals surface area contributed by atoms with Gasteiger partial charge < -0.3 is 11.1 Å². The Labute approximate surface area is 102 Å². The van der Waals surface area contributed by atoms with E-state index in [0.29, 0.717) is 33.8 Å². The van der Waals surface area contributed by atoms with Crippen LogP contribution < -0.4 is 11.1 Å². The van der Waals surface area contributed by atoms with Crippen LogP contribution in [0.5, 0.6) is 0 Å². The summed E-state index contributed by atoms with van der Waals surface area (Å²) in [6, 6.07) is 3.27. The molecule has 84 valence electrons. The molecule has 1 aromatic carbocycles. The number of aromatic nitrogens is 3. The Morgan fingerprint density at radius 1 is 1.31 bits per heavy atom. The van der Waals surface area contributed by atoms with Gasteiger partial charge in [0.1, 0.15) is 12.2 Å². The average molecular weight is 258 g/mol. The number of benzene rings is 1. The fraction of sp³-hybridized carbons (Fsp3) is 0.111. The number of hydrogen-bond acceptors (Lipinski definition) is 4. The summed E-state index contributed by atoms with van der Waals surface area (Å²) in [5.74, 6) is 0.698. The number of nitrogen functional groups attached to an aromatic ring is 1. The highest BCUT2D eigenvalue weighted by Crippen LogP contribution is 2.32. The highest BCUT2D eigenvalue weighted by atomic mass is 35.5. The van der Waals surface area contributed by atoms with Crippen molar-refractivity contribution < 1.29 is 0 Å². The van der Waals surface area contributed by atoms with Crippen LogP contribution >= 0.6 is 23.2 Å². The molecule has 0 amide bonds. The van der Waals surface area contributed by atoms with Gasteiger partial charge in [0.15, 0.2) is 0 Å². The molecule has 0 aliphatic heterocycles. The van der Waals surface area contributed by atoms with E-state index in [-0.39, 0.29) is 0 Å². The zero-order valence-corrected chi connectivity index (χ0v) is 9.68. The predicted molar refractivity (Wildman–Crippen MR) is 64.6 cm³/mol. The van der Waals surface area contributed by atoms with Crippen molar-refractivity contribution >= 4 is 34.6 Å². The van der Waals surface area contributed by atoms with Crippen LogP contribution in [-0.4, -0.2) is 15.2 Å². The summed E-state index contributed by atoms with van der Waals surface area (Å²) in [7, 11) is 0. The SMILES string of the molecule is Nc1cc(Cl)c(NCc2ncn[nH]2)c(Cl)c1. The third-order valence-corrected chi connectivity index (χ3v) is 2.56. The zero-order valence-electron chi connectivity index (χ0n) is 8.17. The van der Waals surface area contributed by atoms with Crippen LogP contribution in [0.3, 0.4) is 0 Å². The minimum Gasteiger partial charge on any atom is -0.399 e. The number of halogens is 2. The maximum Gasteiger partial charge on any atom is 0.143 e. The third-order valence-electron chi connectivity index (χ3n) is 1.96. The maximum absolute atomic E-state index is 6.00. The van der Waals surface area contributed by atoms with Crippen molar-refractivity contribution in [3.63, 3.8) is 0 Å². The minimum atomic E-state index is 0.462.